The van der Waals surface area contributed by atoms with Gasteiger partial charge in [-0.2, -0.15) is 0 Å². The molecule has 1 aromatic carbocycles. The van der Waals surface area contributed by atoms with Gasteiger partial charge in [0.25, 0.3) is 5.91 Å². The van der Waals surface area contributed by atoms with Crippen molar-refractivity contribution in [2.45, 2.75) is 89.4 Å². The average Bonchev–Trinajstić information content (AvgIpc) is 3.09. The molecule has 2 heterocycles. The van der Waals surface area contributed by atoms with Crippen molar-refractivity contribution in [3.63, 3.8) is 0 Å². The molecular weight excluding hydrogens is 418 g/mol. The highest BCUT2D eigenvalue weighted by atomic mass is 16.5. The van der Waals surface area contributed by atoms with Crippen LogP contribution in [0.3, 0.4) is 0 Å². The highest BCUT2D eigenvalue weighted by molar-refractivity contribution is 6.05. The largest absolute Gasteiger partial charge is 0.489 e. The van der Waals surface area contributed by atoms with Crippen molar-refractivity contribution in [2.75, 3.05) is 6.54 Å². The zero-order valence-corrected chi connectivity index (χ0v) is 19.5. The lowest BCUT2D eigenvalue weighted by molar-refractivity contribution is -0.136. The number of fused-ring (bicyclic) bond motifs is 1. The fourth-order valence-corrected chi connectivity index (χ4v) is 5.96. The van der Waals surface area contributed by atoms with E-state index in [4.69, 9.17) is 4.74 Å². The third-order valence-corrected chi connectivity index (χ3v) is 8.06. The van der Waals surface area contributed by atoms with Gasteiger partial charge in [-0.05, 0) is 80.7 Å². The molecule has 0 aromatic heterocycles. The third-order valence-electron chi connectivity index (χ3n) is 8.06. The Kier molecular flexibility index (Phi) is 6.41. The highest BCUT2D eigenvalue weighted by Crippen LogP contribution is 2.36. The first kappa shape index (κ1) is 22.4. The van der Waals surface area contributed by atoms with Crippen LogP contribution >= 0.6 is 0 Å². The first-order chi connectivity index (χ1) is 16.0. The Bertz CT molecular complexity index is 926. The van der Waals surface area contributed by atoms with Crippen LogP contribution in [0.2, 0.25) is 0 Å². The van der Waals surface area contributed by atoms with Crippen molar-refractivity contribution in [3.8, 4) is 5.75 Å². The summed E-state index contributed by atoms with van der Waals surface area (Å²) in [5, 5.41) is 6.15. The molecule has 7 nitrogen and oxygen atoms in total. The Hall–Kier alpha value is -2.41. The molecule has 33 heavy (non-hydrogen) atoms. The quantitative estimate of drug-likeness (QED) is 0.619. The molecule has 2 aliphatic heterocycles. The van der Waals surface area contributed by atoms with Crippen molar-refractivity contribution in [2.24, 2.45) is 11.8 Å². The van der Waals surface area contributed by atoms with Gasteiger partial charge >= 0.3 is 0 Å². The molecule has 5 rings (SSSR count). The van der Waals surface area contributed by atoms with Crippen LogP contribution in [0, 0.1) is 11.8 Å². The van der Waals surface area contributed by atoms with Gasteiger partial charge in [0.2, 0.25) is 11.8 Å². The molecule has 4 aliphatic rings. The number of piperidine rings is 1. The minimum Gasteiger partial charge on any atom is -0.489 e. The fraction of sp³-hybridized carbons (Fsp3) is 0.654. The average molecular weight is 454 g/mol. The third kappa shape index (κ3) is 4.65. The van der Waals surface area contributed by atoms with E-state index in [-0.39, 0.29) is 30.2 Å². The van der Waals surface area contributed by atoms with E-state index in [0.29, 0.717) is 24.6 Å². The van der Waals surface area contributed by atoms with Gasteiger partial charge in [0.1, 0.15) is 17.9 Å². The van der Waals surface area contributed by atoms with Crippen molar-refractivity contribution >= 4 is 17.7 Å². The van der Waals surface area contributed by atoms with Gasteiger partial charge in [-0.25, -0.2) is 0 Å². The second-order valence-corrected chi connectivity index (χ2v) is 10.3. The maximum atomic E-state index is 12.9. The maximum Gasteiger partial charge on any atom is 0.255 e. The van der Waals surface area contributed by atoms with Crippen molar-refractivity contribution in [1.29, 1.82) is 0 Å². The number of hydrogen-bond donors (Lipinski definition) is 2. The normalized spacial score (nSPS) is 31.7. The first-order valence-electron chi connectivity index (χ1n) is 12.7. The Morgan fingerprint density at radius 3 is 2.70 bits per heavy atom. The molecular formula is C26H35N3O4. The molecule has 3 amide bonds. The van der Waals surface area contributed by atoms with Crippen molar-refractivity contribution < 1.29 is 19.1 Å². The first-order valence-corrected chi connectivity index (χ1v) is 12.7. The predicted octanol–water partition coefficient (Wildman–Crippen LogP) is 3.16. The van der Waals surface area contributed by atoms with Crippen LogP contribution in [-0.2, 0) is 16.1 Å². The van der Waals surface area contributed by atoms with Crippen LogP contribution in [-0.4, -0.2) is 47.4 Å². The second-order valence-electron chi connectivity index (χ2n) is 10.3. The van der Waals surface area contributed by atoms with Crippen LogP contribution < -0.4 is 15.4 Å². The van der Waals surface area contributed by atoms with E-state index in [9.17, 15) is 14.4 Å². The molecule has 0 spiro atoms. The van der Waals surface area contributed by atoms with E-state index in [2.05, 4.69) is 17.6 Å². The number of carbonyl (C=O) groups excluding carboxylic acids is 3. The zero-order chi connectivity index (χ0) is 22.9. The summed E-state index contributed by atoms with van der Waals surface area (Å²) < 4.78 is 6.45. The summed E-state index contributed by atoms with van der Waals surface area (Å²) in [7, 11) is 0. The van der Waals surface area contributed by atoms with Gasteiger partial charge in [0, 0.05) is 24.6 Å². The number of carbonyl (C=O) groups is 3. The molecule has 3 fully saturated rings. The summed E-state index contributed by atoms with van der Waals surface area (Å²) in [6, 6.07) is 5.45. The number of nitrogens with zero attached hydrogens (tertiary/aromatic N) is 1. The number of amides is 3. The Morgan fingerprint density at radius 1 is 1.09 bits per heavy atom. The van der Waals surface area contributed by atoms with E-state index in [1.807, 2.05) is 18.2 Å². The van der Waals surface area contributed by atoms with Crippen molar-refractivity contribution in [3.05, 3.63) is 29.3 Å². The Labute approximate surface area is 195 Å². The Balaban J connectivity index is 1.21. The zero-order valence-electron chi connectivity index (χ0n) is 19.5. The molecule has 2 aliphatic carbocycles. The lowest BCUT2D eigenvalue weighted by Crippen LogP contribution is -2.52. The lowest BCUT2D eigenvalue weighted by atomic mass is 9.73. The molecule has 7 heteroatoms. The molecule has 2 N–H and O–H groups in total. The number of benzene rings is 1. The summed E-state index contributed by atoms with van der Waals surface area (Å²) >= 11 is 0. The Morgan fingerprint density at radius 2 is 1.91 bits per heavy atom. The van der Waals surface area contributed by atoms with Gasteiger partial charge < -0.3 is 15.0 Å². The molecule has 2 saturated carbocycles. The number of rotatable bonds is 7. The fourth-order valence-electron chi connectivity index (χ4n) is 5.96. The summed E-state index contributed by atoms with van der Waals surface area (Å²) in [6.45, 7) is 3.75. The van der Waals surface area contributed by atoms with Gasteiger partial charge in [0.15, 0.2) is 0 Å². The molecule has 3 atom stereocenters. The summed E-state index contributed by atoms with van der Waals surface area (Å²) in [5.74, 6) is 1.73. The number of nitrogens with one attached hydrogen (secondary N) is 2. The predicted molar refractivity (Wildman–Crippen MR) is 124 cm³/mol. The van der Waals surface area contributed by atoms with E-state index in [1.54, 1.807) is 4.90 Å². The number of imide groups is 1. The second kappa shape index (κ2) is 9.45. The van der Waals surface area contributed by atoms with E-state index >= 15 is 0 Å². The molecule has 1 aromatic rings. The van der Waals surface area contributed by atoms with E-state index in [0.717, 1.165) is 42.5 Å². The van der Waals surface area contributed by atoms with Gasteiger partial charge in [-0.15, -0.1) is 0 Å². The van der Waals surface area contributed by atoms with Gasteiger partial charge in [0.05, 0.1) is 0 Å². The number of ether oxygens (including phenoxy) is 1. The summed E-state index contributed by atoms with van der Waals surface area (Å²) in [5.41, 5.74) is 1.52. The van der Waals surface area contributed by atoms with Crippen LogP contribution in [0.4, 0.5) is 0 Å². The summed E-state index contributed by atoms with van der Waals surface area (Å²) in [4.78, 5) is 38.2. The van der Waals surface area contributed by atoms with E-state index < -0.39 is 6.04 Å². The highest BCUT2D eigenvalue weighted by Gasteiger charge is 2.39. The molecule has 0 radical (unpaired) electrons. The van der Waals surface area contributed by atoms with Crippen LogP contribution in [0.15, 0.2) is 18.2 Å². The minimum atomic E-state index is -0.585. The van der Waals surface area contributed by atoms with Crippen LogP contribution in [0.1, 0.15) is 80.6 Å². The standard InChI is InChI=1S/C26H35N3O4/c1-2-16-11-17(12-16)14-27-21-5-3-4-6-23(21)33-19-7-8-20-18(13-19)15-29(26(20)32)22-9-10-24(30)28-25(22)31/h7-8,13,16-17,21-23,27H,2-6,9-12,14-15H2,1H3,(H,28,30,31). The minimum absolute atomic E-state index is 0.141. The molecule has 3 unspecified atom stereocenters. The monoisotopic (exact) mass is 453 g/mol. The smallest absolute Gasteiger partial charge is 0.255 e. The van der Waals surface area contributed by atoms with E-state index in [1.165, 1.54) is 32.1 Å². The van der Waals surface area contributed by atoms with Gasteiger partial charge in [-0.1, -0.05) is 19.8 Å². The maximum absolute atomic E-state index is 12.9. The topological polar surface area (TPSA) is 87.7 Å². The lowest BCUT2D eigenvalue weighted by Gasteiger charge is -2.38. The SMILES string of the molecule is CCC1CC(CNC2CCCCC2Oc2ccc3c(c2)CN(C2CCC(=O)NC2=O)C3=O)C1. The number of hydrogen-bond acceptors (Lipinski definition) is 5. The van der Waals surface area contributed by atoms with Crippen molar-refractivity contribution in [1.82, 2.24) is 15.5 Å². The summed E-state index contributed by atoms with van der Waals surface area (Å²) in [6.07, 6.45) is 9.38. The van der Waals surface area contributed by atoms with Crippen LogP contribution in [0.5, 0.6) is 5.75 Å². The molecule has 178 valence electrons. The van der Waals surface area contributed by atoms with Gasteiger partial charge in [-0.3, -0.25) is 19.7 Å². The molecule has 0 bridgehead atoms. The van der Waals surface area contributed by atoms with Crippen LogP contribution in [0.25, 0.3) is 0 Å². The molecule has 1 saturated heterocycles.